The number of rotatable bonds is 2. The van der Waals surface area contributed by atoms with E-state index in [4.69, 9.17) is 0 Å². The third kappa shape index (κ3) is 2.12. The summed E-state index contributed by atoms with van der Waals surface area (Å²) in [5.41, 5.74) is 0. The Morgan fingerprint density at radius 3 is 1.67 bits per heavy atom. The van der Waals surface area contributed by atoms with Gasteiger partial charge < -0.3 is 0 Å². The third-order valence-corrected chi connectivity index (χ3v) is 0.456. The Balaban J connectivity index is 2.75. The summed E-state index contributed by atoms with van der Waals surface area (Å²) in [5.74, 6) is 0.259. The van der Waals surface area contributed by atoms with Crippen LogP contribution in [0.15, 0.2) is 0 Å². The van der Waals surface area contributed by atoms with Gasteiger partial charge in [0.25, 0.3) is 0 Å². The molecule has 0 nitrogen and oxygen atoms in total. The Morgan fingerprint density at radius 1 is 1.33 bits per heavy atom. The van der Waals surface area contributed by atoms with E-state index in [0.717, 1.165) is 0 Å². The van der Waals surface area contributed by atoms with Crippen molar-refractivity contribution in [2.45, 2.75) is 6.92 Å². The Bertz CT molecular complexity index is 24.7. The van der Waals surface area contributed by atoms with Crippen molar-refractivity contribution in [3.05, 3.63) is 5.92 Å². The molecule has 0 aromatic heterocycles. The molecule has 37 valence electrons. The van der Waals surface area contributed by atoms with E-state index in [0.29, 0.717) is 0 Å². The molecule has 6 heavy (non-hydrogen) atoms. The molecule has 0 aliphatic heterocycles. The lowest BCUT2D eigenvalue weighted by molar-refractivity contribution is 0.428. The van der Waals surface area contributed by atoms with Crippen molar-refractivity contribution in [2.24, 2.45) is 0 Å². The van der Waals surface area contributed by atoms with Gasteiger partial charge >= 0.3 is 0 Å². The Labute approximate surface area is 36.2 Å². The van der Waals surface area contributed by atoms with Gasteiger partial charge in [0.15, 0.2) is 0 Å². The van der Waals surface area contributed by atoms with E-state index in [-0.39, 0.29) is 5.92 Å². The first-order valence-electron chi connectivity index (χ1n) is 1.74. The van der Waals surface area contributed by atoms with Crippen LogP contribution in [0.25, 0.3) is 0 Å². The molecule has 1 radical (unpaired) electrons. The summed E-state index contributed by atoms with van der Waals surface area (Å²) in [7, 11) is 0. The molecule has 2 heteroatoms. The molecule has 0 rings (SSSR count). The highest BCUT2D eigenvalue weighted by molar-refractivity contribution is 4.80. The van der Waals surface area contributed by atoms with E-state index < -0.39 is 13.3 Å². The summed E-state index contributed by atoms with van der Waals surface area (Å²) in [6, 6.07) is 0. The fourth-order valence-electron chi connectivity index (χ4n) is 0.0357. The lowest BCUT2D eigenvalue weighted by atomic mass is 10.2. The maximum atomic E-state index is 11.1. The molecular formula is C4H7F2. The molecule has 0 bridgehead atoms. The largest absolute Gasteiger partial charge is 0.250 e. The average Bonchev–Trinajstić information content (AvgIpc) is 1.65. The number of halogens is 2. The van der Waals surface area contributed by atoms with Crippen LogP contribution in [-0.2, 0) is 0 Å². The molecule has 0 saturated carbocycles. The number of alkyl halides is 2. The summed E-state index contributed by atoms with van der Waals surface area (Å²) < 4.78 is 22.2. The predicted molar refractivity (Wildman–Crippen MR) is 20.9 cm³/mol. The van der Waals surface area contributed by atoms with E-state index in [1.54, 1.807) is 0 Å². The van der Waals surface area contributed by atoms with Crippen LogP contribution in [0, 0.1) is 5.92 Å². The molecule has 0 amide bonds. The first-order chi connectivity index (χ1) is 2.81. The average molecular weight is 93.1 g/mol. The van der Waals surface area contributed by atoms with Crippen molar-refractivity contribution in [3.63, 3.8) is 0 Å². The highest BCUT2D eigenvalue weighted by atomic mass is 19.1. The molecular weight excluding hydrogens is 86.0 g/mol. The van der Waals surface area contributed by atoms with Gasteiger partial charge in [-0.05, 0) is 0 Å². The Morgan fingerprint density at radius 2 is 1.67 bits per heavy atom. The van der Waals surface area contributed by atoms with Gasteiger partial charge in [0, 0.05) is 5.92 Å². The van der Waals surface area contributed by atoms with Crippen LogP contribution >= 0.6 is 0 Å². The van der Waals surface area contributed by atoms with E-state index in [1.165, 1.54) is 6.92 Å². The summed E-state index contributed by atoms with van der Waals surface area (Å²) in [5, 5.41) is 0. The molecule has 0 aliphatic rings. The van der Waals surface area contributed by atoms with Crippen molar-refractivity contribution in [1.29, 1.82) is 0 Å². The Kier molecular flexibility index (Phi) is 2.99. The molecule has 0 N–H and O–H groups in total. The fourth-order valence-corrected chi connectivity index (χ4v) is 0.0357. The third-order valence-electron chi connectivity index (χ3n) is 0.456. The van der Waals surface area contributed by atoms with Crippen LogP contribution in [-0.4, -0.2) is 13.3 Å². The standard InChI is InChI=1S/C4H7F2/c1-4(2-5)3-6/h2-3H2,1H3. The minimum absolute atomic E-state index is 0.259. The van der Waals surface area contributed by atoms with Crippen molar-refractivity contribution < 1.29 is 8.78 Å². The summed E-state index contributed by atoms with van der Waals surface area (Å²) >= 11 is 0. The lowest BCUT2D eigenvalue weighted by Gasteiger charge is -1.92. The zero-order valence-electron chi connectivity index (χ0n) is 3.67. The zero-order chi connectivity index (χ0) is 4.99. The van der Waals surface area contributed by atoms with Crippen molar-refractivity contribution >= 4 is 0 Å². The smallest absolute Gasteiger partial charge is 0.0980 e. The summed E-state index contributed by atoms with van der Waals surface area (Å²) in [6.07, 6.45) is 0. The SMILES string of the molecule is C[C](CF)CF. The molecule has 0 spiro atoms. The second kappa shape index (κ2) is 3.07. The zero-order valence-corrected chi connectivity index (χ0v) is 3.67. The van der Waals surface area contributed by atoms with Crippen LogP contribution < -0.4 is 0 Å². The molecule has 0 aromatic carbocycles. The predicted octanol–water partition coefficient (Wildman–Crippen LogP) is 1.52. The van der Waals surface area contributed by atoms with Crippen LogP contribution in [0.4, 0.5) is 8.78 Å². The molecule has 0 aliphatic carbocycles. The first kappa shape index (κ1) is 5.86. The number of hydrogen-bond acceptors (Lipinski definition) is 0. The van der Waals surface area contributed by atoms with Crippen LogP contribution in [0.2, 0.25) is 0 Å². The molecule has 0 heterocycles. The van der Waals surface area contributed by atoms with Gasteiger partial charge in [-0.1, -0.05) is 6.92 Å². The summed E-state index contributed by atoms with van der Waals surface area (Å²) in [6.45, 7) is 0.187. The van der Waals surface area contributed by atoms with Gasteiger partial charge in [0.1, 0.15) is 0 Å². The highest BCUT2D eigenvalue weighted by Crippen LogP contribution is 1.96. The molecule has 0 fully saturated rings. The minimum Gasteiger partial charge on any atom is -0.250 e. The highest BCUT2D eigenvalue weighted by Gasteiger charge is 1.96. The van der Waals surface area contributed by atoms with E-state index in [9.17, 15) is 8.78 Å². The monoisotopic (exact) mass is 93.1 g/mol. The van der Waals surface area contributed by atoms with Crippen molar-refractivity contribution in [2.75, 3.05) is 13.3 Å². The molecule has 0 atom stereocenters. The number of hydrogen-bond donors (Lipinski definition) is 0. The van der Waals surface area contributed by atoms with E-state index in [1.807, 2.05) is 0 Å². The van der Waals surface area contributed by atoms with Gasteiger partial charge in [-0.2, -0.15) is 0 Å². The molecule has 0 saturated heterocycles. The van der Waals surface area contributed by atoms with Gasteiger partial charge in [0.2, 0.25) is 0 Å². The maximum absolute atomic E-state index is 11.1. The van der Waals surface area contributed by atoms with Crippen molar-refractivity contribution in [3.8, 4) is 0 Å². The second-order valence-electron chi connectivity index (χ2n) is 1.22. The van der Waals surface area contributed by atoms with Gasteiger partial charge in [0.05, 0.1) is 13.3 Å². The summed E-state index contributed by atoms with van der Waals surface area (Å²) in [4.78, 5) is 0. The van der Waals surface area contributed by atoms with Gasteiger partial charge in [-0.3, -0.25) is 8.78 Å². The molecule has 0 unspecified atom stereocenters. The second-order valence-corrected chi connectivity index (χ2v) is 1.22. The minimum atomic E-state index is -0.628. The van der Waals surface area contributed by atoms with Gasteiger partial charge in [-0.15, -0.1) is 0 Å². The fraction of sp³-hybridized carbons (Fsp3) is 0.750. The Hall–Kier alpha value is -0.140. The molecule has 0 aromatic rings. The lowest BCUT2D eigenvalue weighted by Crippen LogP contribution is -1.93. The van der Waals surface area contributed by atoms with E-state index in [2.05, 4.69) is 0 Å². The maximum Gasteiger partial charge on any atom is 0.0980 e. The van der Waals surface area contributed by atoms with Gasteiger partial charge in [-0.25, -0.2) is 0 Å². The quantitative estimate of drug-likeness (QED) is 0.485. The van der Waals surface area contributed by atoms with E-state index >= 15 is 0 Å². The first-order valence-corrected chi connectivity index (χ1v) is 1.74. The van der Waals surface area contributed by atoms with Crippen LogP contribution in [0.5, 0.6) is 0 Å². The topological polar surface area (TPSA) is 0 Å². The van der Waals surface area contributed by atoms with Crippen LogP contribution in [0.3, 0.4) is 0 Å². The van der Waals surface area contributed by atoms with Crippen LogP contribution in [0.1, 0.15) is 6.92 Å². The van der Waals surface area contributed by atoms with Crippen molar-refractivity contribution in [1.82, 2.24) is 0 Å². The normalized spacial score (nSPS) is 10.0.